The predicted molar refractivity (Wildman–Crippen MR) is 61.8 cm³/mol. The summed E-state index contributed by atoms with van der Waals surface area (Å²) in [6.07, 6.45) is 3.41. The number of nitrogens with zero attached hydrogens (tertiary/aromatic N) is 2. The molecule has 1 atom stereocenters. The van der Waals surface area contributed by atoms with E-state index in [1.54, 1.807) is 12.5 Å². The molecule has 4 heteroatoms. The van der Waals surface area contributed by atoms with E-state index in [1.807, 2.05) is 26.8 Å². The first-order chi connectivity index (χ1) is 7.59. The number of hydrogen-bond acceptors (Lipinski definition) is 4. The monoisotopic (exact) mass is 217 g/mol. The molecule has 2 N–H and O–H groups in total. The topological polar surface area (TPSA) is 64.9 Å². The van der Waals surface area contributed by atoms with Gasteiger partial charge in [-0.25, -0.2) is 9.97 Å². The first kappa shape index (κ1) is 10.8. The van der Waals surface area contributed by atoms with Crippen LogP contribution < -0.4 is 5.73 Å². The van der Waals surface area contributed by atoms with E-state index in [0.29, 0.717) is 5.82 Å². The molecule has 0 spiro atoms. The highest BCUT2D eigenvalue weighted by atomic mass is 16.3. The van der Waals surface area contributed by atoms with Crippen LogP contribution in [-0.2, 0) is 0 Å². The quantitative estimate of drug-likeness (QED) is 0.838. The molecule has 2 aromatic rings. The Morgan fingerprint density at radius 1 is 1.38 bits per heavy atom. The lowest BCUT2D eigenvalue weighted by molar-refractivity contribution is 0.575. The fourth-order valence-electron chi connectivity index (χ4n) is 1.63. The minimum Gasteiger partial charge on any atom is -0.461 e. The summed E-state index contributed by atoms with van der Waals surface area (Å²) >= 11 is 0. The summed E-state index contributed by atoms with van der Waals surface area (Å²) in [6, 6.07) is 1.85. The van der Waals surface area contributed by atoms with Gasteiger partial charge in [0, 0.05) is 23.5 Å². The zero-order chi connectivity index (χ0) is 11.7. The van der Waals surface area contributed by atoms with Crippen LogP contribution in [0, 0.1) is 13.8 Å². The van der Waals surface area contributed by atoms with Crippen molar-refractivity contribution in [1.29, 1.82) is 0 Å². The molecule has 0 aromatic carbocycles. The van der Waals surface area contributed by atoms with Crippen LogP contribution in [0.4, 0.5) is 0 Å². The van der Waals surface area contributed by atoms with Gasteiger partial charge >= 0.3 is 0 Å². The van der Waals surface area contributed by atoms with Crippen LogP contribution in [0.5, 0.6) is 0 Å². The molecule has 0 aliphatic carbocycles. The van der Waals surface area contributed by atoms with E-state index in [1.165, 1.54) is 0 Å². The van der Waals surface area contributed by atoms with Crippen molar-refractivity contribution in [2.45, 2.75) is 26.8 Å². The van der Waals surface area contributed by atoms with Crippen molar-refractivity contribution in [3.8, 4) is 11.6 Å². The van der Waals surface area contributed by atoms with Crippen LogP contribution in [0.3, 0.4) is 0 Å². The molecule has 0 aliphatic rings. The van der Waals surface area contributed by atoms with Gasteiger partial charge in [-0.2, -0.15) is 0 Å². The van der Waals surface area contributed by atoms with E-state index in [2.05, 4.69) is 9.97 Å². The van der Waals surface area contributed by atoms with Crippen molar-refractivity contribution in [3.05, 3.63) is 35.3 Å². The molecule has 0 amide bonds. The number of furan rings is 1. The third kappa shape index (κ3) is 1.84. The molecule has 0 saturated heterocycles. The van der Waals surface area contributed by atoms with Crippen molar-refractivity contribution < 1.29 is 4.42 Å². The lowest BCUT2D eigenvalue weighted by atomic mass is 10.1. The second-order valence-electron chi connectivity index (χ2n) is 3.96. The molecule has 0 fully saturated rings. The zero-order valence-corrected chi connectivity index (χ0v) is 9.69. The molecule has 4 nitrogen and oxygen atoms in total. The molecule has 2 rings (SSSR count). The third-order valence-electron chi connectivity index (χ3n) is 2.57. The Hall–Kier alpha value is -1.68. The maximum Gasteiger partial charge on any atom is 0.196 e. The van der Waals surface area contributed by atoms with Gasteiger partial charge in [0.25, 0.3) is 0 Å². The standard InChI is InChI=1S/C12H15N3O/c1-7-4-5-16-11(7)12-14-6-10(8(2)13)9(3)15-12/h4-6,8H,13H2,1-3H3/t8-/m0/s1. The SMILES string of the molecule is Cc1ccoc1-c1ncc([C@H](C)N)c(C)n1. The number of aromatic nitrogens is 2. The molecule has 0 radical (unpaired) electrons. The number of aryl methyl sites for hydroxylation is 2. The van der Waals surface area contributed by atoms with Crippen LogP contribution >= 0.6 is 0 Å². The Labute approximate surface area is 94.5 Å². The number of nitrogens with two attached hydrogens (primary N) is 1. The fourth-order valence-corrected chi connectivity index (χ4v) is 1.63. The first-order valence-corrected chi connectivity index (χ1v) is 5.23. The van der Waals surface area contributed by atoms with Crippen LogP contribution in [0.15, 0.2) is 22.9 Å². The summed E-state index contributed by atoms with van der Waals surface area (Å²) < 4.78 is 5.35. The minimum atomic E-state index is -0.0493. The lowest BCUT2D eigenvalue weighted by Crippen LogP contribution is -2.09. The zero-order valence-electron chi connectivity index (χ0n) is 9.69. The highest BCUT2D eigenvalue weighted by Crippen LogP contribution is 2.22. The molecule has 0 bridgehead atoms. The minimum absolute atomic E-state index is 0.0493. The van der Waals surface area contributed by atoms with Gasteiger partial charge in [0.2, 0.25) is 0 Å². The van der Waals surface area contributed by atoms with Crippen molar-refractivity contribution >= 4 is 0 Å². The van der Waals surface area contributed by atoms with Crippen molar-refractivity contribution in [2.75, 3.05) is 0 Å². The van der Waals surface area contributed by atoms with E-state index in [9.17, 15) is 0 Å². The Morgan fingerprint density at radius 2 is 2.12 bits per heavy atom. The van der Waals surface area contributed by atoms with E-state index < -0.39 is 0 Å². The average molecular weight is 217 g/mol. The normalized spacial score (nSPS) is 12.8. The first-order valence-electron chi connectivity index (χ1n) is 5.23. The Kier molecular flexibility index (Phi) is 2.75. The van der Waals surface area contributed by atoms with Crippen LogP contribution in [0.1, 0.15) is 29.8 Å². The predicted octanol–water partition coefficient (Wildman–Crippen LogP) is 2.37. The Bertz CT molecular complexity index is 503. The number of hydrogen-bond donors (Lipinski definition) is 1. The Balaban J connectivity index is 2.46. The third-order valence-corrected chi connectivity index (χ3v) is 2.57. The lowest BCUT2D eigenvalue weighted by Gasteiger charge is -2.08. The molecule has 2 heterocycles. The smallest absolute Gasteiger partial charge is 0.196 e. The summed E-state index contributed by atoms with van der Waals surface area (Å²) in [6.45, 7) is 5.82. The van der Waals surface area contributed by atoms with E-state index >= 15 is 0 Å². The van der Waals surface area contributed by atoms with Crippen LogP contribution in [0.25, 0.3) is 11.6 Å². The highest BCUT2D eigenvalue weighted by molar-refractivity contribution is 5.52. The molecule has 0 unspecified atom stereocenters. The van der Waals surface area contributed by atoms with Gasteiger partial charge in [0.15, 0.2) is 11.6 Å². The summed E-state index contributed by atoms with van der Waals surface area (Å²) in [5.74, 6) is 1.34. The van der Waals surface area contributed by atoms with Gasteiger partial charge in [-0.15, -0.1) is 0 Å². The van der Waals surface area contributed by atoms with Gasteiger partial charge in [-0.05, 0) is 32.4 Å². The molecule has 0 aliphatic heterocycles. The van der Waals surface area contributed by atoms with Gasteiger partial charge in [0.05, 0.1) is 6.26 Å². The van der Waals surface area contributed by atoms with Crippen molar-refractivity contribution in [2.24, 2.45) is 5.73 Å². The van der Waals surface area contributed by atoms with Gasteiger partial charge in [-0.1, -0.05) is 0 Å². The summed E-state index contributed by atoms with van der Waals surface area (Å²) in [4.78, 5) is 8.69. The van der Waals surface area contributed by atoms with Crippen molar-refractivity contribution in [1.82, 2.24) is 9.97 Å². The van der Waals surface area contributed by atoms with Gasteiger partial charge in [-0.3, -0.25) is 0 Å². The Morgan fingerprint density at radius 3 is 2.62 bits per heavy atom. The van der Waals surface area contributed by atoms with E-state index in [0.717, 1.165) is 22.6 Å². The highest BCUT2D eigenvalue weighted by Gasteiger charge is 2.12. The summed E-state index contributed by atoms with van der Waals surface area (Å²) in [5.41, 5.74) is 8.71. The summed E-state index contributed by atoms with van der Waals surface area (Å²) in [5, 5.41) is 0. The largest absolute Gasteiger partial charge is 0.461 e. The maximum atomic E-state index is 5.81. The van der Waals surface area contributed by atoms with E-state index in [4.69, 9.17) is 10.2 Å². The molecule has 16 heavy (non-hydrogen) atoms. The summed E-state index contributed by atoms with van der Waals surface area (Å²) in [7, 11) is 0. The van der Waals surface area contributed by atoms with Crippen molar-refractivity contribution in [3.63, 3.8) is 0 Å². The van der Waals surface area contributed by atoms with Gasteiger partial charge < -0.3 is 10.2 Å². The van der Waals surface area contributed by atoms with Crippen LogP contribution in [0.2, 0.25) is 0 Å². The molecular weight excluding hydrogens is 202 g/mol. The average Bonchev–Trinajstić information content (AvgIpc) is 2.63. The molecular formula is C12H15N3O. The van der Waals surface area contributed by atoms with Gasteiger partial charge in [0.1, 0.15) is 0 Å². The fraction of sp³-hybridized carbons (Fsp3) is 0.333. The second kappa shape index (κ2) is 4.06. The van der Waals surface area contributed by atoms with Crippen LogP contribution in [-0.4, -0.2) is 9.97 Å². The van der Waals surface area contributed by atoms with E-state index in [-0.39, 0.29) is 6.04 Å². The maximum absolute atomic E-state index is 5.81. The molecule has 0 saturated carbocycles. The number of rotatable bonds is 2. The molecule has 84 valence electrons. The second-order valence-corrected chi connectivity index (χ2v) is 3.96. The molecule has 2 aromatic heterocycles.